The third-order valence-corrected chi connectivity index (χ3v) is 4.05. The van der Waals surface area contributed by atoms with Crippen LogP contribution in [0.15, 0.2) is 39.8 Å². The number of hydrogen-bond donors (Lipinski definition) is 3. The van der Waals surface area contributed by atoms with Crippen molar-refractivity contribution in [3.8, 4) is 0 Å². The molecule has 0 radical (unpaired) electrons. The van der Waals surface area contributed by atoms with Gasteiger partial charge >= 0.3 is 0 Å². The zero-order valence-corrected chi connectivity index (χ0v) is 12.9. The van der Waals surface area contributed by atoms with Crippen molar-refractivity contribution in [1.29, 1.82) is 0 Å². The van der Waals surface area contributed by atoms with Crippen LogP contribution >= 0.6 is 15.9 Å². The molecule has 0 spiro atoms. The van der Waals surface area contributed by atoms with Crippen molar-refractivity contribution in [2.24, 2.45) is 5.14 Å². The molecule has 0 aliphatic rings. The fraction of sp³-hybridized carbons (Fsp3) is 0.0833. The zero-order chi connectivity index (χ0) is 14.9. The van der Waals surface area contributed by atoms with Gasteiger partial charge in [-0.25, -0.2) is 13.6 Å². The molecule has 0 fully saturated rings. The summed E-state index contributed by atoms with van der Waals surface area (Å²) in [5, 5.41) is 7.71. The van der Waals surface area contributed by atoms with E-state index >= 15 is 0 Å². The highest BCUT2D eigenvalue weighted by Gasteiger charge is 2.13. The van der Waals surface area contributed by atoms with Crippen LogP contribution in [0.3, 0.4) is 0 Å². The molecule has 8 heteroatoms. The normalized spacial score (nSPS) is 11.3. The molecule has 0 atom stereocenters. The number of hydrogen-bond acceptors (Lipinski definition) is 3. The number of halogens is 1. The van der Waals surface area contributed by atoms with E-state index in [1.54, 1.807) is 25.3 Å². The predicted octanol–water partition coefficient (Wildman–Crippen LogP) is 1.99. The first kappa shape index (κ1) is 14.8. The van der Waals surface area contributed by atoms with E-state index in [0.717, 1.165) is 10.0 Å². The lowest BCUT2D eigenvalue weighted by molar-refractivity contribution is 0.102. The molecule has 1 aromatic carbocycles. The molecule has 2 rings (SSSR count). The van der Waals surface area contributed by atoms with Gasteiger partial charge in [0.15, 0.2) is 0 Å². The highest BCUT2D eigenvalue weighted by molar-refractivity contribution is 9.10. The molecule has 0 aliphatic carbocycles. The van der Waals surface area contributed by atoms with Gasteiger partial charge < -0.3 is 10.3 Å². The van der Waals surface area contributed by atoms with Crippen LogP contribution in [0.4, 0.5) is 5.69 Å². The molecule has 0 unspecified atom stereocenters. The van der Waals surface area contributed by atoms with E-state index < -0.39 is 10.0 Å². The molecule has 0 aliphatic heterocycles. The fourth-order valence-corrected chi connectivity index (χ4v) is 2.48. The third kappa shape index (κ3) is 3.27. The molecular formula is C12H12BrN3O3S. The highest BCUT2D eigenvalue weighted by Crippen LogP contribution is 2.20. The van der Waals surface area contributed by atoms with E-state index in [1.165, 1.54) is 12.1 Å². The summed E-state index contributed by atoms with van der Waals surface area (Å²) in [5.41, 5.74) is 1.49. The summed E-state index contributed by atoms with van der Waals surface area (Å²) in [7, 11) is -3.81. The van der Waals surface area contributed by atoms with E-state index in [4.69, 9.17) is 5.14 Å². The Kier molecular flexibility index (Phi) is 3.98. The summed E-state index contributed by atoms with van der Waals surface area (Å²) in [4.78, 5) is 14.7. The standard InChI is InChI=1S/C12H12BrN3O3S/c1-7-2-3-9(20(14,18)19)5-10(7)16-12(17)11-4-8(13)6-15-11/h2-6,15H,1H3,(H,16,17)(H2,14,18,19). The maximum absolute atomic E-state index is 12.0. The predicted molar refractivity (Wildman–Crippen MR) is 79.0 cm³/mol. The molecule has 1 aromatic heterocycles. The molecule has 106 valence electrons. The summed E-state index contributed by atoms with van der Waals surface area (Å²) in [6, 6.07) is 5.93. The SMILES string of the molecule is Cc1ccc(S(N)(=O)=O)cc1NC(=O)c1cc(Br)c[nH]1. The summed E-state index contributed by atoms with van der Waals surface area (Å²) < 4.78 is 23.4. The van der Waals surface area contributed by atoms with Crippen molar-refractivity contribution in [3.63, 3.8) is 0 Å². The fourth-order valence-electron chi connectivity index (χ4n) is 1.60. The van der Waals surface area contributed by atoms with E-state index in [0.29, 0.717) is 11.4 Å². The largest absolute Gasteiger partial charge is 0.356 e. The van der Waals surface area contributed by atoms with Gasteiger partial charge in [-0.2, -0.15) is 0 Å². The van der Waals surface area contributed by atoms with Gasteiger partial charge in [0.25, 0.3) is 5.91 Å². The number of anilines is 1. The van der Waals surface area contributed by atoms with Gasteiger partial charge in [0.2, 0.25) is 10.0 Å². The minimum atomic E-state index is -3.81. The number of aromatic amines is 1. The maximum atomic E-state index is 12.0. The van der Waals surface area contributed by atoms with Gasteiger partial charge in [-0.1, -0.05) is 6.07 Å². The molecule has 20 heavy (non-hydrogen) atoms. The van der Waals surface area contributed by atoms with E-state index in [-0.39, 0.29) is 10.8 Å². The molecule has 1 heterocycles. The number of primary sulfonamides is 1. The van der Waals surface area contributed by atoms with Crippen molar-refractivity contribution in [2.75, 3.05) is 5.32 Å². The van der Waals surface area contributed by atoms with E-state index in [2.05, 4.69) is 26.2 Å². The third-order valence-electron chi connectivity index (χ3n) is 2.68. The topological polar surface area (TPSA) is 105 Å². The van der Waals surface area contributed by atoms with Crippen molar-refractivity contribution < 1.29 is 13.2 Å². The number of carbonyl (C=O) groups is 1. The lowest BCUT2D eigenvalue weighted by Gasteiger charge is -2.09. The Morgan fingerprint density at radius 3 is 2.60 bits per heavy atom. The highest BCUT2D eigenvalue weighted by atomic mass is 79.9. The van der Waals surface area contributed by atoms with Gasteiger partial charge in [0, 0.05) is 16.4 Å². The van der Waals surface area contributed by atoms with Crippen molar-refractivity contribution >= 4 is 37.5 Å². The molecule has 0 bridgehead atoms. The van der Waals surface area contributed by atoms with Crippen LogP contribution in [0.1, 0.15) is 16.1 Å². The van der Waals surface area contributed by atoms with Crippen LogP contribution in [0.2, 0.25) is 0 Å². The smallest absolute Gasteiger partial charge is 0.272 e. The Balaban J connectivity index is 2.31. The molecule has 0 saturated carbocycles. The Morgan fingerprint density at radius 1 is 1.35 bits per heavy atom. The lowest BCUT2D eigenvalue weighted by Crippen LogP contribution is -2.15. The number of nitrogens with two attached hydrogens (primary N) is 1. The second kappa shape index (κ2) is 5.39. The summed E-state index contributed by atoms with van der Waals surface area (Å²) in [5.74, 6) is -0.370. The minimum absolute atomic E-state index is 0.0499. The summed E-state index contributed by atoms with van der Waals surface area (Å²) in [6.07, 6.45) is 1.63. The number of sulfonamides is 1. The first-order chi connectivity index (χ1) is 9.27. The van der Waals surface area contributed by atoms with Gasteiger partial charge in [-0.05, 0) is 46.6 Å². The number of aryl methyl sites for hydroxylation is 1. The first-order valence-corrected chi connectivity index (χ1v) is 7.90. The summed E-state index contributed by atoms with van der Waals surface area (Å²) in [6.45, 7) is 1.76. The van der Waals surface area contributed by atoms with Gasteiger partial charge in [-0.15, -0.1) is 0 Å². The Bertz CT molecular complexity index is 768. The first-order valence-electron chi connectivity index (χ1n) is 5.56. The Morgan fingerprint density at radius 2 is 2.05 bits per heavy atom. The number of H-pyrrole nitrogens is 1. The van der Waals surface area contributed by atoms with Crippen molar-refractivity contribution in [2.45, 2.75) is 11.8 Å². The molecule has 2 aromatic rings. The van der Waals surface area contributed by atoms with Crippen LogP contribution < -0.4 is 10.5 Å². The van der Waals surface area contributed by atoms with Crippen molar-refractivity contribution in [3.05, 3.63) is 46.2 Å². The van der Waals surface area contributed by atoms with Crippen LogP contribution in [-0.2, 0) is 10.0 Å². The summed E-state index contributed by atoms with van der Waals surface area (Å²) >= 11 is 3.23. The molecule has 0 saturated heterocycles. The van der Waals surface area contributed by atoms with Gasteiger partial charge in [0.05, 0.1) is 4.90 Å². The quantitative estimate of drug-likeness (QED) is 0.781. The second-order valence-corrected chi connectivity index (χ2v) is 6.68. The monoisotopic (exact) mass is 357 g/mol. The van der Waals surface area contributed by atoms with Crippen LogP contribution in [-0.4, -0.2) is 19.3 Å². The second-order valence-electron chi connectivity index (χ2n) is 4.21. The lowest BCUT2D eigenvalue weighted by atomic mass is 10.2. The van der Waals surface area contributed by atoms with Crippen LogP contribution in [0.5, 0.6) is 0 Å². The number of aromatic nitrogens is 1. The maximum Gasteiger partial charge on any atom is 0.272 e. The average Bonchev–Trinajstić information content (AvgIpc) is 2.77. The molecular weight excluding hydrogens is 346 g/mol. The number of rotatable bonds is 3. The zero-order valence-electron chi connectivity index (χ0n) is 10.5. The Labute approximate surface area is 124 Å². The molecule has 6 nitrogen and oxygen atoms in total. The number of benzene rings is 1. The Hall–Kier alpha value is -1.64. The van der Waals surface area contributed by atoms with E-state index in [1.807, 2.05) is 0 Å². The van der Waals surface area contributed by atoms with E-state index in [9.17, 15) is 13.2 Å². The molecule has 1 amide bonds. The van der Waals surface area contributed by atoms with Gasteiger partial charge in [0.1, 0.15) is 5.69 Å². The van der Waals surface area contributed by atoms with Crippen LogP contribution in [0.25, 0.3) is 0 Å². The number of amides is 1. The minimum Gasteiger partial charge on any atom is -0.356 e. The average molecular weight is 358 g/mol. The van der Waals surface area contributed by atoms with Gasteiger partial charge in [-0.3, -0.25) is 4.79 Å². The number of nitrogens with one attached hydrogen (secondary N) is 2. The van der Waals surface area contributed by atoms with Crippen LogP contribution in [0, 0.1) is 6.92 Å². The van der Waals surface area contributed by atoms with Crippen molar-refractivity contribution in [1.82, 2.24) is 4.98 Å². The molecule has 4 N–H and O–H groups in total. The number of carbonyl (C=O) groups excluding carboxylic acids is 1.